The molecule has 0 saturated carbocycles. The fourth-order valence-electron chi connectivity index (χ4n) is 5.24. The van der Waals surface area contributed by atoms with E-state index in [0.29, 0.717) is 21.3 Å². The van der Waals surface area contributed by atoms with E-state index in [9.17, 15) is 24.5 Å². The molecule has 0 aliphatic heterocycles. The van der Waals surface area contributed by atoms with Gasteiger partial charge in [-0.05, 0) is 55.0 Å². The number of anilines is 2. The van der Waals surface area contributed by atoms with Gasteiger partial charge < -0.3 is 16.0 Å². The molecule has 5 aromatic carbocycles. The SMILES string of the molecule is Cc1sc(NC(=O)C(Sc2cccc(NC(=O)/C(=C\c3ccccc3[N+](=O)[O-])NC(=O)c3ccccc3)c2)c2ccccc2)nc1-c1ccccc1. The zero-order valence-corrected chi connectivity index (χ0v) is 29.3. The molecule has 3 N–H and O–H groups in total. The van der Waals surface area contributed by atoms with Crippen LogP contribution in [0.3, 0.4) is 0 Å². The maximum Gasteiger partial charge on any atom is 0.276 e. The molecule has 1 heterocycles. The lowest BCUT2D eigenvalue weighted by atomic mass is 10.1. The Kier molecular flexibility index (Phi) is 11.3. The second-order valence-corrected chi connectivity index (χ2v) is 13.7. The van der Waals surface area contributed by atoms with E-state index in [-0.39, 0.29) is 22.9 Å². The van der Waals surface area contributed by atoms with Gasteiger partial charge in [0.2, 0.25) is 5.91 Å². The molecular weight excluding hydrogens is 695 g/mol. The molecule has 0 saturated heterocycles. The lowest BCUT2D eigenvalue weighted by Crippen LogP contribution is -2.30. The number of benzene rings is 5. The molecule has 0 fully saturated rings. The fourth-order valence-corrected chi connectivity index (χ4v) is 7.16. The predicted octanol–water partition coefficient (Wildman–Crippen LogP) is 8.91. The summed E-state index contributed by atoms with van der Waals surface area (Å²) in [7, 11) is 0. The van der Waals surface area contributed by atoms with Gasteiger partial charge in [0.25, 0.3) is 17.5 Å². The van der Waals surface area contributed by atoms with Crippen LogP contribution in [-0.2, 0) is 9.59 Å². The molecular formula is C40H31N5O5S2. The van der Waals surface area contributed by atoms with Crippen LogP contribution in [0.15, 0.2) is 150 Å². The Bertz CT molecular complexity index is 2260. The van der Waals surface area contributed by atoms with Crippen LogP contribution in [-0.4, -0.2) is 27.6 Å². The van der Waals surface area contributed by atoms with Gasteiger partial charge in [0.1, 0.15) is 10.9 Å². The summed E-state index contributed by atoms with van der Waals surface area (Å²) in [5, 5.41) is 19.9. The highest BCUT2D eigenvalue weighted by atomic mass is 32.2. The normalized spacial score (nSPS) is 11.7. The van der Waals surface area contributed by atoms with Crippen LogP contribution < -0.4 is 16.0 Å². The Morgan fingerprint density at radius 2 is 1.46 bits per heavy atom. The van der Waals surface area contributed by atoms with Gasteiger partial charge in [0.15, 0.2) is 5.13 Å². The lowest BCUT2D eigenvalue weighted by Gasteiger charge is -2.17. The summed E-state index contributed by atoms with van der Waals surface area (Å²) in [6.07, 6.45) is 1.27. The first kappa shape index (κ1) is 35.5. The molecule has 1 aromatic heterocycles. The topological polar surface area (TPSA) is 143 Å². The number of nitro benzene ring substituents is 1. The first-order chi connectivity index (χ1) is 25.2. The van der Waals surface area contributed by atoms with Crippen molar-refractivity contribution in [3.63, 3.8) is 0 Å². The standard InChI is InChI=1S/C40H31N5O5S2/c1-26-35(27-14-5-2-6-15-27)43-40(51-26)44-39(48)36(28-16-7-3-8-17-28)52-32-22-13-21-31(25-32)41-38(47)33(42-37(46)29-18-9-4-10-19-29)24-30-20-11-12-23-34(30)45(49)50/h2-25,36H,1H3,(H,41,47)(H,42,46)(H,43,44,48)/b33-24+. The van der Waals surface area contributed by atoms with Crippen LogP contribution >= 0.6 is 23.1 Å². The zero-order valence-electron chi connectivity index (χ0n) is 27.7. The Balaban J connectivity index is 1.24. The third-order valence-electron chi connectivity index (χ3n) is 7.72. The molecule has 258 valence electrons. The van der Waals surface area contributed by atoms with Crippen molar-refractivity contribution in [1.29, 1.82) is 0 Å². The summed E-state index contributed by atoms with van der Waals surface area (Å²) in [6, 6.07) is 40.3. The van der Waals surface area contributed by atoms with Crippen molar-refractivity contribution in [3.05, 3.63) is 177 Å². The number of hydrogen-bond acceptors (Lipinski definition) is 8. The van der Waals surface area contributed by atoms with Gasteiger partial charge in [-0.3, -0.25) is 24.5 Å². The maximum atomic E-state index is 13.9. The minimum Gasteiger partial charge on any atom is -0.321 e. The largest absolute Gasteiger partial charge is 0.321 e. The molecule has 12 heteroatoms. The number of aromatic nitrogens is 1. The molecule has 3 amide bonds. The molecule has 0 aliphatic rings. The quantitative estimate of drug-likeness (QED) is 0.0495. The van der Waals surface area contributed by atoms with Crippen molar-refractivity contribution in [2.24, 2.45) is 0 Å². The van der Waals surface area contributed by atoms with E-state index >= 15 is 0 Å². The molecule has 10 nitrogen and oxygen atoms in total. The number of nitrogens with zero attached hydrogens (tertiary/aromatic N) is 2. The second kappa shape index (κ2) is 16.6. The number of para-hydroxylation sites is 1. The molecule has 0 bridgehead atoms. The molecule has 1 atom stereocenters. The van der Waals surface area contributed by atoms with Crippen molar-refractivity contribution in [1.82, 2.24) is 10.3 Å². The molecule has 6 aromatic rings. The Morgan fingerprint density at radius 1 is 0.808 bits per heavy atom. The Hall–Kier alpha value is -6.37. The first-order valence-corrected chi connectivity index (χ1v) is 17.7. The van der Waals surface area contributed by atoms with E-state index in [4.69, 9.17) is 4.98 Å². The van der Waals surface area contributed by atoms with Crippen molar-refractivity contribution in [3.8, 4) is 11.3 Å². The average molecular weight is 726 g/mol. The predicted molar refractivity (Wildman–Crippen MR) is 206 cm³/mol. The van der Waals surface area contributed by atoms with E-state index < -0.39 is 22.0 Å². The van der Waals surface area contributed by atoms with Gasteiger partial charge in [-0.1, -0.05) is 97.1 Å². The lowest BCUT2D eigenvalue weighted by molar-refractivity contribution is -0.385. The number of thioether (sulfide) groups is 1. The minimum atomic E-state index is -0.699. The number of carbonyl (C=O) groups is 3. The number of carbonyl (C=O) groups excluding carboxylic acids is 3. The van der Waals surface area contributed by atoms with Crippen LogP contribution in [0.2, 0.25) is 0 Å². The van der Waals surface area contributed by atoms with Gasteiger partial charge in [-0.15, -0.1) is 23.1 Å². The van der Waals surface area contributed by atoms with Crippen LogP contribution in [0.25, 0.3) is 17.3 Å². The molecule has 6 rings (SSSR count). The highest BCUT2D eigenvalue weighted by molar-refractivity contribution is 8.00. The van der Waals surface area contributed by atoms with Crippen LogP contribution in [0, 0.1) is 17.0 Å². The number of hydrogen-bond donors (Lipinski definition) is 3. The van der Waals surface area contributed by atoms with Crippen molar-refractivity contribution in [2.45, 2.75) is 17.1 Å². The van der Waals surface area contributed by atoms with Gasteiger partial charge in [-0.2, -0.15) is 0 Å². The zero-order chi connectivity index (χ0) is 36.5. The smallest absolute Gasteiger partial charge is 0.276 e. The summed E-state index contributed by atoms with van der Waals surface area (Å²) in [6.45, 7) is 1.97. The Morgan fingerprint density at radius 3 is 2.17 bits per heavy atom. The molecule has 0 radical (unpaired) electrons. The maximum absolute atomic E-state index is 13.9. The number of amides is 3. The highest BCUT2D eigenvalue weighted by Gasteiger charge is 2.25. The van der Waals surface area contributed by atoms with Crippen LogP contribution in [0.4, 0.5) is 16.5 Å². The average Bonchev–Trinajstić information content (AvgIpc) is 3.54. The third kappa shape index (κ3) is 8.85. The third-order valence-corrected chi connectivity index (χ3v) is 9.86. The van der Waals surface area contributed by atoms with Crippen molar-refractivity contribution < 1.29 is 19.3 Å². The van der Waals surface area contributed by atoms with E-state index in [1.165, 1.54) is 47.4 Å². The number of thiazole rings is 1. The van der Waals surface area contributed by atoms with Crippen molar-refractivity contribution >= 4 is 63.4 Å². The van der Waals surface area contributed by atoms with Crippen LogP contribution in [0.5, 0.6) is 0 Å². The highest BCUT2D eigenvalue weighted by Crippen LogP contribution is 2.38. The monoisotopic (exact) mass is 725 g/mol. The molecule has 0 aliphatic carbocycles. The van der Waals surface area contributed by atoms with E-state index in [2.05, 4.69) is 16.0 Å². The van der Waals surface area contributed by atoms with Crippen molar-refractivity contribution in [2.75, 3.05) is 10.6 Å². The van der Waals surface area contributed by atoms with E-state index in [0.717, 1.165) is 21.7 Å². The number of rotatable bonds is 12. The minimum absolute atomic E-state index is 0.137. The van der Waals surface area contributed by atoms with Gasteiger partial charge >= 0.3 is 0 Å². The number of nitro groups is 1. The van der Waals surface area contributed by atoms with Gasteiger partial charge in [0.05, 0.1) is 16.2 Å². The second-order valence-electron chi connectivity index (χ2n) is 11.4. The fraction of sp³-hybridized carbons (Fsp3) is 0.0500. The molecule has 1 unspecified atom stereocenters. The van der Waals surface area contributed by atoms with E-state index in [1.807, 2.05) is 73.7 Å². The summed E-state index contributed by atoms with van der Waals surface area (Å²) in [5.74, 6) is -1.53. The van der Waals surface area contributed by atoms with Gasteiger partial charge in [-0.25, -0.2) is 4.98 Å². The first-order valence-electron chi connectivity index (χ1n) is 16.0. The summed E-state index contributed by atoms with van der Waals surface area (Å²) in [5.41, 5.74) is 2.94. The Labute approximate surface area is 307 Å². The molecule has 0 spiro atoms. The molecule has 52 heavy (non-hydrogen) atoms. The van der Waals surface area contributed by atoms with E-state index in [1.54, 1.807) is 54.6 Å². The summed E-state index contributed by atoms with van der Waals surface area (Å²) in [4.78, 5) is 58.2. The van der Waals surface area contributed by atoms with Crippen LogP contribution in [0.1, 0.15) is 31.6 Å². The van der Waals surface area contributed by atoms with Gasteiger partial charge in [0, 0.05) is 32.7 Å². The summed E-state index contributed by atoms with van der Waals surface area (Å²) >= 11 is 2.70. The summed E-state index contributed by atoms with van der Waals surface area (Å²) < 4.78 is 0. The number of nitrogens with one attached hydrogen (secondary N) is 3. The number of aryl methyl sites for hydroxylation is 1.